The van der Waals surface area contributed by atoms with Crippen molar-refractivity contribution in [1.82, 2.24) is 0 Å². The first-order valence-corrected chi connectivity index (χ1v) is 5.06. The third-order valence-electron chi connectivity index (χ3n) is 1.68. The minimum Gasteiger partial charge on any atom is -0.493 e. The molecule has 0 amide bonds. The summed E-state index contributed by atoms with van der Waals surface area (Å²) in [7, 11) is 0. The Hall–Kier alpha value is -1.43. The van der Waals surface area contributed by atoms with E-state index in [1.807, 2.05) is 6.92 Å². The molecule has 0 saturated carbocycles. The van der Waals surface area contributed by atoms with Crippen LogP contribution in [0.4, 0.5) is 0 Å². The van der Waals surface area contributed by atoms with Gasteiger partial charge in [-0.15, -0.1) is 4.91 Å². The highest BCUT2D eigenvalue weighted by molar-refractivity contribution is 9.10. The predicted octanol–water partition coefficient (Wildman–Crippen LogP) is 2.23. The Bertz CT molecular complexity index is 393. The van der Waals surface area contributed by atoms with E-state index >= 15 is 0 Å². The molecule has 1 rings (SSSR count). The maximum Gasteiger partial charge on any atom is 0.156 e. The van der Waals surface area contributed by atoms with Gasteiger partial charge in [0.05, 0.1) is 16.4 Å². The molecule has 0 atom stereocenters. The van der Waals surface area contributed by atoms with Gasteiger partial charge in [-0.1, -0.05) is 5.10 Å². The molecule has 0 unspecified atom stereocenters. The zero-order chi connectivity index (χ0) is 11.3. The topological polar surface area (TPSA) is 77.0 Å². The lowest BCUT2D eigenvalue weighted by atomic mass is 10.2. The normalized spacial score (nSPS) is 11.2. The molecule has 1 aromatic rings. The van der Waals surface area contributed by atoms with Crippen molar-refractivity contribution in [2.45, 2.75) is 6.92 Å². The summed E-state index contributed by atoms with van der Waals surface area (Å²) in [5, 5.41) is 5.58. The Balaban J connectivity index is 3.00. The third-order valence-corrected chi connectivity index (χ3v) is 2.30. The Morgan fingerprint density at radius 3 is 2.87 bits per heavy atom. The molecular weight excluding hydrogens is 262 g/mol. The summed E-state index contributed by atoms with van der Waals surface area (Å²) in [6, 6.07) is 5.17. The lowest BCUT2D eigenvalue weighted by Crippen LogP contribution is -2.12. The van der Waals surface area contributed by atoms with E-state index in [2.05, 4.69) is 26.3 Å². The van der Waals surface area contributed by atoms with Gasteiger partial charge in [0.2, 0.25) is 0 Å². The number of rotatable bonds is 4. The predicted molar refractivity (Wildman–Crippen MR) is 61.8 cm³/mol. The fourth-order valence-electron chi connectivity index (χ4n) is 1.03. The van der Waals surface area contributed by atoms with Gasteiger partial charge in [0.25, 0.3) is 0 Å². The monoisotopic (exact) mass is 271 g/mol. The van der Waals surface area contributed by atoms with E-state index in [1.54, 1.807) is 18.2 Å². The number of ether oxygens (including phenoxy) is 1. The summed E-state index contributed by atoms with van der Waals surface area (Å²) in [6.45, 7) is 2.48. The number of nitrogens with two attached hydrogens (primary N) is 1. The maximum atomic E-state index is 9.89. The van der Waals surface area contributed by atoms with Gasteiger partial charge in [0.1, 0.15) is 5.75 Å². The SMILES string of the molecule is CCOc1ccc(/C(N)=N/N=O)cc1Br. The number of hydrogen-bond donors (Lipinski definition) is 1. The van der Waals surface area contributed by atoms with Crippen molar-refractivity contribution in [3.63, 3.8) is 0 Å². The van der Waals surface area contributed by atoms with E-state index in [0.29, 0.717) is 17.9 Å². The smallest absolute Gasteiger partial charge is 0.156 e. The van der Waals surface area contributed by atoms with Crippen LogP contribution >= 0.6 is 15.9 Å². The molecule has 0 radical (unpaired) electrons. The van der Waals surface area contributed by atoms with Crippen molar-refractivity contribution in [2.75, 3.05) is 6.61 Å². The number of benzene rings is 1. The van der Waals surface area contributed by atoms with E-state index in [4.69, 9.17) is 10.5 Å². The quantitative estimate of drug-likeness (QED) is 0.395. The van der Waals surface area contributed by atoms with Gasteiger partial charge in [-0.3, -0.25) is 0 Å². The lowest BCUT2D eigenvalue weighted by molar-refractivity contribution is 0.338. The first-order valence-electron chi connectivity index (χ1n) is 4.27. The van der Waals surface area contributed by atoms with Crippen molar-refractivity contribution in [2.24, 2.45) is 16.1 Å². The Labute approximate surface area is 95.4 Å². The van der Waals surface area contributed by atoms with Crippen LogP contribution in [0.1, 0.15) is 12.5 Å². The molecule has 0 bridgehead atoms. The van der Waals surface area contributed by atoms with Crippen molar-refractivity contribution in [1.29, 1.82) is 0 Å². The highest BCUT2D eigenvalue weighted by Gasteiger charge is 2.04. The van der Waals surface area contributed by atoms with Crippen LogP contribution in [0.5, 0.6) is 5.75 Å². The molecule has 0 aromatic heterocycles. The molecule has 5 nitrogen and oxygen atoms in total. The van der Waals surface area contributed by atoms with Gasteiger partial charge < -0.3 is 10.5 Å². The van der Waals surface area contributed by atoms with Gasteiger partial charge >= 0.3 is 0 Å². The molecular formula is C9H10BrN3O2. The van der Waals surface area contributed by atoms with E-state index in [0.717, 1.165) is 4.47 Å². The summed E-state index contributed by atoms with van der Waals surface area (Å²) >= 11 is 3.32. The lowest BCUT2D eigenvalue weighted by Gasteiger charge is -2.06. The van der Waals surface area contributed by atoms with E-state index in [-0.39, 0.29) is 5.84 Å². The van der Waals surface area contributed by atoms with Gasteiger partial charge in [-0.2, -0.15) is 0 Å². The zero-order valence-electron chi connectivity index (χ0n) is 8.11. The Kier molecular flexibility index (Phi) is 4.23. The fourth-order valence-corrected chi connectivity index (χ4v) is 1.53. The van der Waals surface area contributed by atoms with Crippen LogP contribution in [-0.2, 0) is 0 Å². The largest absolute Gasteiger partial charge is 0.493 e. The minimum absolute atomic E-state index is 0.0775. The number of halogens is 1. The summed E-state index contributed by atoms with van der Waals surface area (Å²) in [4.78, 5) is 9.89. The highest BCUT2D eigenvalue weighted by atomic mass is 79.9. The third kappa shape index (κ3) is 3.02. The molecule has 1 aromatic carbocycles. The molecule has 0 fully saturated rings. The number of nitroso groups, excluding NO2 is 1. The van der Waals surface area contributed by atoms with E-state index in [1.165, 1.54) is 0 Å². The van der Waals surface area contributed by atoms with E-state index in [9.17, 15) is 4.91 Å². The first kappa shape index (κ1) is 11.6. The highest BCUT2D eigenvalue weighted by Crippen LogP contribution is 2.25. The molecule has 80 valence electrons. The summed E-state index contributed by atoms with van der Waals surface area (Å²) < 4.78 is 6.07. The van der Waals surface area contributed by atoms with Crippen LogP contribution in [0.15, 0.2) is 33.1 Å². The number of hydrogen-bond acceptors (Lipinski definition) is 3. The molecule has 0 aliphatic rings. The van der Waals surface area contributed by atoms with Gasteiger partial charge in [0, 0.05) is 5.56 Å². The molecule has 6 heteroatoms. The van der Waals surface area contributed by atoms with Crippen molar-refractivity contribution in [3.8, 4) is 5.75 Å². The van der Waals surface area contributed by atoms with Crippen LogP contribution in [-0.4, -0.2) is 12.4 Å². The van der Waals surface area contributed by atoms with Crippen molar-refractivity contribution < 1.29 is 4.74 Å². The fraction of sp³-hybridized carbons (Fsp3) is 0.222. The second-order valence-electron chi connectivity index (χ2n) is 2.65. The second kappa shape index (κ2) is 5.45. The average molecular weight is 272 g/mol. The Morgan fingerprint density at radius 2 is 2.33 bits per heavy atom. The minimum atomic E-state index is 0.0775. The molecule has 2 N–H and O–H groups in total. The van der Waals surface area contributed by atoms with Crippen LogP contribution in [0.3, 0.4) is 0 Å². The van der Waals surface area contributed by atoms with Crippen molar-refractivity contribution in [3.05, 3.63) is 33.1 Å². The van der Waals surface area contributed by atoms with E-state index < -0.39 is 0 Å². The standard InChI is InChI=1S/C9H10BrN3O2/c1-2-15-8-4-3-6(5-7(8)10)9(11)12-13-14/h3-5H,2H2,1H3,(H2,11,12,14). The molecule has 0 heterocycles. The Morgan fingerprint density at radius 1 is 1.60 bits per heavy atom. The molecule has 0 aliphatic carbocycles. The van der Waals surface area contributed by atoms with Crippen LogP contribution in [0.25, 0.3) is 0 Å². The maximum absolute atomic E-state index is 9.89. The summed E-state index contributed by atoms with van der Waals surface area (Å²) in [5.74, 6) is 0.793. The van der Waals surface area contributed by atoms with Crippen LogP contribution in [0, 0.1) is 4.91 Å². The molecule has 0 spiro atoms. The van der Waals surface area contributed by atoms with Crippen LogP contribution < -0.4 is 10.5 Å². The first-order chi connectivity index (χ1) is 7.19. The van der Waals surface area contributed by atoms with Gasteiger partial charge in [0.15, 0.2) is 5.84 Å². The molecule has 15 heavy (non-hydrogen) atoms. The molecule has 0 aliphatic heterocycles. The zero-order valence-corrected chi connectivity index (χ0v) is 9.69. The number of amidine groups is 1. The van der Waals surface area contributed by atoms with Crippen LogP contribution in [0.2, 0.25) is 0 Å². The molecule has 0 saturated heterocycles. The van der Waals surface area contributed by atoms with Gasteiger partial charge in [-0.05, 0) is 41.1 Å². The number of nitrogens with zero attached hydrogens (tertiary/aromatic N) is 2. The van der Waals surface area contributed by atoms with Crippen molar-refractivity contribution >= 4 is 21.8 Å². The average Bonchev–Trinajstić information content (AvgIpc) is 2.21. The van der Waals surface area contributed by atoms with Gasteiger partial charge in [-0.25, -0.2) is 0 Å². The summed E-state index contributed by atoms with van der Waals surface area (Å²) in [6.07, 6.45) is 0. The second-order valence-corrected chi connectivity index (χ2v) is 3.50. The summed E-state index contributed by atoms with van der Waals surface area (Å²) in [5.41, 5.74) is 6.11.